The van der Waals surface area contributed by atoms with Crippen LogP contribution in [-0.2, 0) is 20.8 Å². The summed E-state index contributed by atoms with van der Waals surface area (Å²) in [6.07, 6.45) is 4.44. The van der Waals surface area contributed by atoms with E-state index in [4.69, 9.17) is 14.2 Å². The van der Waals surface area contributed by atoms with Crippen molar-refractivity contribution < 1.29 is 19.0 Å². The molecule has 2 atom stereocenters. The van der Waals surface area contributed by atoms with Crippen LogP contribution in [0.15, 0.2) is 41.3 Å². The summed E-state index contributed by atoms with van der Waals surface area (Å²) < 4.78 is 17.6. The molecule has 3 heterocycles. The second-order valence-corrected chi connectivity index (χ2v) is 5.80. The Balaban J connectivity index is 1.86. The van der Waals surface area contributed by atoms with Crippen molar-refractivity contribution in [3.8, 4) is 0 Å². The number of hydrogen-bond acceptors (Lipinski definition) is 6. The minimum absolute atomic E-state index is 0.0370. The summed E-state index contributed by atoms with van der Waals surface area (Å²) in [4.78, 5) is 29.5. The number of methoxy groups -OCH3 is 2. The molecule has 3 rings (SSSR count). The van der Waals surface area contributed by atoms with Crippen LogP contribution in [0.1, 0.15) is 17.3 Å². The standard InChI is InChI=1S/C18H21N3O5/c1-4-21-15-12(6-5-9-19-15)10-13(17(21)23)16(22)20-11-18(25-3)8-7-14(24-2)26-18/h5-10,14H,4,11H2,1-3H3,(H,20,22)/t14-,18-/m0/s1. The molecular formula is C18H21N3O5. The summed E-state index contributed by atoms with van der Waals surface area (Å²) in [6, 6.07) is 5.12. The number of rotatable bonds is 6. The summed E-state index contributed by atoms with van der Waals surface area (Å²) in [5, 5.41) is 3.42. The van der Waals surface area contributed by atoms with Gasteiger partial charge in [0, 0.05) is 32.3 Å². The van der Waals surface area contributed by atoms with E-state index in [0.717, 1.165) is 5.39 Å². The van der Waals surface area contributed by atoms with Gasteiger partial charge in [-0.2, -0.15) is 0 Å². The number of aromatic nitrogens is 2. The van der Waals surface area contributed by atoms with Gasteiger partial charge in [0.2, 0.25) is 5.79 Å². The molecule has 2 aromatic heterocycles. The Bertz CT molecular complexity index is 907. The van der Waals surface area contributed by atoms with E-state index in [0.29, 0.717) is 12.2 Å². The lowest BCUT2D eigenvalue weighted by molar-refractivity contribution is -0.238. The smallest absolute Gasteiger partial charge is 0.265 e. The second-order valence-electron chi connectivity index (χ2n) is 5.80. The van der Waals surface area contributed by atoms with Gasteiger partial charge in [0.25, 0.3) is 11.5 Å². The summed E-state index contributed by atoms with van der Waals surface area (Å²) in [5.41, 5.74) is 0.207. The fourth-order valence-corrected chi connectivity index (χ4v) is 2.88. The molecular weight excluding hydrogens is 338 g/mol. The lowest BCUT2D eigenvalue weighted by Crippen LogP contribution is -2.45. The van der Waals surface area contributed by atoms with Gasteiger partial charge in [0.15, 0.2) is 6.29 Å². The Morgan fingerprint density at radius 3 is 2.92 bits per heavy atom. The molecule has 8 nitrogen and oxygen atoms in total. The highest BCUT2D eigenvalue weighted by atomic mass is 16.8. The van der Waals surface area contributed by atoms with Gasteiger partial charge in [-0.3, -0.25) is 14.2 Å². The van der Waals surface area contributed by atoms with Gasteiger partial charge >= 0.3 is 0 Å². The molecule has 0 spiro atoms. The predicted octanol–water partition coefficient (Wildman–Crippen LogP) is 1.05. The second kappa shape index (κ2) is 7.36. The normalized spacial score (nSPS) is 22.0. The van der Waals surface area contributed by atoms with Crippen molar-refractivity contribution in [1.82, 2.24) is 14.9 Å². The van der Waals surface area contributed by atoms with Crippen molar-refractivity contribution in [2.45, 2.75) is 25.5 Å². The first-order valence-electron chi connectivity index (χ1n) is 8.25. The van der Waals surface area contributed by atoms with E-state index in [-0.39, 0.29) is 17.7 Å². The molecule has 0 aliphatic carbocycles. The number of fused-ring (bicyclic) bond motifs is 1. The third kappa shape index (κ3) is 3.26. The molecule has 0 fully saturated rings. The zero-order valence-corrected chi connectivity index (χ0v) is 14.9. The van der Waals surface area contributed by atoms with E-state index in [2.05, 4.69) is 10.3 Å². The highest BCUT2D eigenvalue weighted by Gasteiger charge is 2.36. The quantitative estimate of drug-likeness (QED) is 0.775. The molecule has 1 amide bonds. The minimum Gasteiger partial charge on any atom is -0.352 e. The van der Waals surface area contributed by atoms with Crippen molar-refractivity contribution in [2.24, 2.45) is 0 Å². The molecule has 1 aliphatic heterocycles. The zero-order chi connectivity index (χ0) is 18.7. The maximum atomic E-state index is 12.7. The topological polar surface area (TPSA) is 91.7 Å². The van der Waals surface area contributed by atoms with Crippen LogP contribution in [0, 0.1) is 0 Å². The number of pyridine rings is 2. The van der Waals surface area contributed by atoms with E-state index in [1.54, 1.807) is 30.5 Å². The van der Waals surface area contributed by atoms with Crippen molar-refractivity contribution >= 4 is 16.9 Å². The molecule has 0 unspecified atom stereocenters. The number of carbonyl (C=O) groups is 1. The number of ether oxygens (including phenoxy) is 3. The average molecular weight is 359 g/mol. The van der Waals surface area contributed by atoms with Crippen LogP contribution in [0.5, 0.6) is 0 Å². The third-order valence-corrected chi connectivity index (χ3v) is 4.30. The molecule has 0 saturated carbocycles. The number of nitrogens with zero attached hydrogens (tertiary/aromatic N) is 2. The maximum absolute atomic E-state index is 12.7. The van der Waals surface area contributed by atoms with Crippen LogP contribution in [0.2, 0.25) is 0 Å². The Labute approximate surface area is 150 Å². The third-order valence-electron chi connectivity index (χ3n) is 4.30. The lowest BCUT2D eigenvalue weighted by Gasteiger charge is -2.27. The monoisotopic (exact) mass is 359 g/mol. The molecule has 2 aromatic rings. The van der Waals surface area contributed by atoms with Gasteiger partial charge in [-0.05, 0) is 37.3 Å². The van der Waals surface area contributed by atoms with E-state index in [1.807, 2.05) is 13.0 Å². The molecule has 0 radical (unpaired) electrons. The minimum atomic E-state index is -1.13. The van der Waals surface area contributed by atoms with Gasteiger partial charge in [-0.15, -0.1) is 0 Å². The van der Waals surface area contributed by atoms with Gasteiger partial charge in [-0.25, -0.2) is 4.98 Å². The van der Waals surface area contributed by atoms with Crippen LogP contribution in [0.25, 0.3) is 11.0 Å². The summed E-state index contributed by atoms with van der Waals surface area (Å²) in [6.45, 7) is 2.28. The van der Waals surface area contributed by atoms with Gasteiger partial charge in [0.05, 0.1) is 6.54 Å². The molecule has 0 bridgehead atoms. The van der Waals surface area contributed by atoms with Crippen molar-refractivity contribution in [2.75, 3.05) is 20.8 Å². The molecule has 0 saturated heterocycles. The molecule has 1 N–H and O–H groups in total. The predicted molar refractivity (Wildman–Crippen MR) is 94.8 cm³/mol. The van der Waals surface area contributed by atoms with E-state index in [1.165, 1.54) is 18.8 Å². The van der Waals surface area contributed by atoms with Crippen LogP contribution in [0.3, 0.4) is 0 Å². The van der Waals surface area contributed by atoms with E-state index in [9.17, 15) is 9.59 Å². The van der Waals surface area contributed by atoms with Gasteiger partial charge in [-0.1, -0.05) is 0 Å². The number of amides is 1. The summed E-state index contributed by atoms with van der Waals surface area (Å²) >= 11 is 0. The fraction of sp³-hybridized carbons (Fsp3) is 0.389. The first-order valence-corrected chi connectivity index (χ1v) is 8.25. The van der Waals surface area contributed by atoms with Gasteiger partial charge < -0.3 is 19.5 Å². The largest absolute Gasteiger partial charge is 0.352 e. The van der Waals surface area contributed by atoms with E-state index >= 15 is 0 Å². The van der Waals surface area contributed by atoms with Crippen molar-refractivity contribution in [3.63, 3.8) is 0 Å². The van der Waals surface area contributed by atoms with Crippen LogP contribution in [-0.4, -0.2) is 48.3 Å². The number of nitrogens with one attached hydrogen (secondary N) is 1. The Morgan fingerprint density at radius 1 is 1.46 bits per heavy atom. The number of carbonyl (C=O) groups excluding carboxylic acids is 1. The maximum Gasteiger partial charge on any atom is 0.265 e. The highest BCUT2D eigenvalue weighted by Crippen LogP contribution is 2.24. The molecule has 1 aliphatic rings. The fourth-order valence-electron chi connectivity index (χ4n) is 2.88. The van der Waals surface area contributed by atoms with E-state index < -0.39 is 18.0 Å². The highest BCUT2D eigenvalue weighted by molar-refractivity contribution is 5.96. The summed E-state index contributed by atoms with van der Waals surface area (Å²) in [5.74, 6) is -1.63. The van der Waals surface area contributed by atoms with Crippen LogP contribution >= 0.6 is 0 Å². The van der Waals surface area contributed by atoms with Crippen molar-refractivity contribution in [1.29, 1.82) is 0 Å². The van der Waals surface area contributed by atoms with Crippen LogP contribution in [0.4, 0.5) is 0 Å². The average Bonchev–Trinajstić information content (AvgIpc) is 3.10. The Hall–Kier alpha value is -2.55. The SMILES string of the molecule is CCn1c(=O)c(C(=O)NC[C@]2(OC)C=C[C@@H](OC)O2)cc2cccnc21. The number of aryl methyl sites for hydroxylation is 1. The molecule has 138 valence electrons. The van der Waals surface area contributed by atoms with Crippen LogP contribution < -0.4 is 10.9 Å². The molecule has 0 aromatic carbocycles. The number of hydrogen-bond donors (Lipinski definition) is 1. The zero-order valence-electron chi connectivity index (χ0n) is 14.9. The van der Waals surface area contributed by atoms with Gasteiger partial charge in [0.1, 0.15) is 11.2 Å². The van der Waals surface area contributed by atoms with Crippen molar-refractivity contribution in [3.05, 3.63) is 52.5 Å². The summed E-state index contributed by atoms with van der Waals surface area (Å²) in [7, 11) is 2.98. The first-order chi connectivity index (χ1) is 12.5. The molecule has 26 heavy (non-hydrogen) atoms. The first kappa shape index (κ1) is 18.2. The lowest BCUT2D eigenvalue weighted by atomic mass is 10.1. The molecule has 8 heteroatoms. The Morgan fingerprint density at radius 2 is 2.27 bits per heavy atom. The Kier molecular flexibility index (Phi) is 5.17.